The predicted octanol–water partition coefficient (Wildman–Crippen LogP) is 3.37. The Morgan fingerprint density at radius 1 is 0.981 bits per heavy atom. The zero-order valence-corrected chi connectivity index (χ0v) is 34.3. The van der Waals surface area contributed by atoms with E-state index in [1.165, 1.54) is 6.92 Å². The van der Waals surface area contributed by atoms with E-state index in [0.717, 1.165) is 12.0 Å². The minimum absolute atomic E-state index is 0.00511. The summed E-state index contributed by atoms with van der Waals surface area (Å²) < 4.78 is 50.7. The Bertz CT molecular complexity index is 1320. The van der Waals surface area contributed by atoms with Gasteiger partial charge < -0.3 is 53.0 Å². The quantitative estimate of drug-likeness (QED) is 0.257. The van der Waals surface area contributed by atoms with Crippen molar-refractivity contribution in [2.45, 2.75) is 174 Å². The third kappa shape index (κ3) is 9.91. The number of hydrogen-bond acceptors (Lipinski definition) is 15. The number of ether oxygens (including phenoxy) is 8. The number of aliphatic hydroxyl groups excluding tert-OH is 1. The van der Waals surface area contributed by atoms with Gasteiger partial charge in [0.2, 0.25) is 0 Å². The van der Waals surface area contributed by atoms with Crippen LogP contribution in [0.3, 0.4) is 0 Å². The van der Waals surface area contributed by atoms with E-state index in [1.807, 2.05) is 34.6 Å². The van der Waals surface area contributed by atoms with Crippen molar-refractivity contribution in [1.82, 2.24) is 4.90 Å². The normalized spacial score (nSPS) is 44.7. The molecule has 15 heteroatoms. The number of nitrogens with zero attached hydrogens (tertiary/aromatic N) is 1. The van der Waals surface area contributed by atoms with Crippen LogP contribution in [0.4, 0.5) is 0 Å². The minimum Gasteiger partial charge on any atom is -0.491 e. The fourth-order valence-corrected chi connectivity index (χ4v) is 8.87. The molecule has 0 saturated carbocycles. The van der Waals surface area contributed by atoms with Gasteiger partial charge in [-0.15, -0.1) is 0 Å². The van der Waals surface area contributed by atoms with Gasteiger partial charge in [-0.2, -0.15) is 9.59 Å². The van der Waals surface area contributed by atoms with E-state index in [2.05, 4.69) is 25.9 Å². The maximum Gasteiger partial charge on any atom is 0.373 e. The third-order valence-corrected chi connectivity index (χ3v) is 12.1. The lowest BCUT2D eigenvalue weighted by atomic mass is 9.81. The number of esters is 1. The molecular formula is C39H65NO14. The van der Waals surface area contributed by atoms with Crippen LogP contribution in [0.15, 0.2) is 11.3 Å². The molecule has 54 heavy (non-hydrogen) atoms. The van der Waals surface area contributed by atoms with Crippen LogP contribution in [-0.2, 0) is 57.1 Å². The van der Waals surface area contributed by atoms with Crippen molar-refractivity contribution in [2.24, 2.45) is 23.7 Å². The van der Waals surface area contributed by atoms with Gasteiger partial charge in [0.15, 0.2) is 18.7 Å². The number of carbonyl (C=O) groups is 2. The van der Waals surface area contributed by atoms with Gasteiger partial charge in [-0.05, 0) is 74.1 Å². The molecule has 3 saturated heterocycles. The lowest BCUT2D eigenvalue weighted by Gasteiger charge is -2.48. The molecule has 2 N–H and O–H groups in total. The average molecular weight is 772 g/mol. The monoisotopic (exact) mass is 771 g/mol. The molecule has 2 unspecified atom stereocenters. The van der Waals surface area contributed by atoms with E-state index in [1.54, 1.807) is 27.9 Å². The molecule has 0 radical (unpaired) electrons. The number of hydrogen-bond donors (Lipinski definition) is 2. The molecular weight excluding hydrogens is 706 g/mol. The maximum atomic E-state index is 14.1. The van der Waals surface area contributed by atoms with Gasteiger partial charge in [-0.3, -0.25) is 9.59 Å². The fraction of sp³-hybridized carbons (Fsp3) is 0.872. The highest BCUT2D eigenvalue weighted by atomic mass is 16.7. The SMILES string of the molecule is CC[C@H]1OC(=O)[C@H](C)[C@@H](O[C@H]2C[C@@](C)(OC)[C@@H](OC=O)C(C)O2)[C@H](C)[C@@H](OC2O[C@H](C)C[C@H](N(C)C)[C@H]2C)[C@H]2CC(C)=C(O2)[C@H](C)[C@@H](O)[C@]1(C)O.O=C=O. The summed E-state index contributed by atoms with van der Waals surface area (Å²) in [6, 6.07) is 0.207. The number of aliphatic hydroxyl groups is 2. The van der Waals surface area contributed by atoms with Crippen LogP contribution in [0.5, 0.6) is 0 Å². The van der Waals surface area contributed by atoms with Crippen molar-refractivity contribution in [3.8, 4) is 0 Å². The molecule has 0 aromatic rings. The van der Waals surface area contributed by atoms with Crippen molar-refractivity contribution in [2.75, 3.05) is 21.2 Å². The number of cyclic esters (lactones) is 1. The summed E-state index contributed by atoms with van der Waals surface area (Å²) in [5, 5.41) is 23.3. The summed E-state index contributed by atoms with van der Waals surface area (Å²) in [6.45, 7) is 19.0. The zero-order chi connectivity index (χ0) is 40.9. The molecule has 0 aliphatic carbocycles. The van der Waals surface area contributed by atoms with Crippen molar-refractivity contribution >= 4 is 18.6 Å². The van der Waals surface area contributed by atoms with E-state index in [4.69, 9.17) is 47.5 Å². The molecule has 4 aliphatic rings. The molecule has 17 atom stereocenters. The summed E-state index contributed by atoms with van der Waals surface area (Å²) in [5.41, 5.74) is -1.79. The summed E-state index contributed by atoms with van der Waals surface area (Å²) in [4.78, 5) is 44.0. The van der Waals surface area contributed by atoms with Crippen molar-refractivity contribution in [1.29, 1.82) is 0 Å². The van der Waals surface area contributed by atoms with Crippen LogP contribution >= 0.6 is 0 Å². The number of carbonyl (C=O) groups excluding carboxylic acids is 4. The van der Waals surface area contributed by atoms with Crippen LogP contribution in [0.2, 0.25) is 0 Å². The average Bonchev–Trinajstić information content (AvgIpc) is 3.50. The summed E-state index contributed by atoms with van der Waals surface area (Å²) in [7, 11) is 5.67. The molecule has 0 aromatic carbocycles. The standard InChI is InChI=1S/C38H65NO12.CO2/c1-14-28-38(10,43)33(41)23(6)30-19(2)15-27(48-30)32(51-36-21(4)26(39(11)12)16-20(3)46-36)22(5)31(24(7)35(42)49-28)50-29-17-37(9,44-13)34(45-18-40)25(8)47-29;2-1-3/h18,20-29,31-34,36,41,43H,14-17H2,1-13H3;/t20-,21-,22+,23+,24-,25?,26+,27-,28-,29+,31+,32-,33-,34+,36?,37-,38-;/m1./s1. The van der Waals surface area contributed by atoms with E-state index in [9.17, 15) is 19.8 Å². The zero-order valence-electron chi connectivity index (χ0n) is 34.3. The molecule has 0 aromatic heterocycles. The van der Waals surface area contributed by atoms with Crippen LogP contribution in [0.25, 0.3) is 0 Å². The summed E-state index contributed by atoms with van der Waals surface area (Å²) >= 11 is 0. The number of fused-ring (bicyclic) bond motifs is 2. The van der Waals surface area contributed by atoms with E-state index < -0.39 is 90.2 Å². The maximum absolute atomic E-state index is 14.1. The largest absolute Gasteiger partial charge is 0.491 e. The van der Waals surface area contributed by atoms with E-state index in [0.29, 0.717) is 18.7 Å². The fourth-order valence-electron chi connectivity index (χ4n) is 8.87. The Morgan fingerprint density at radius 3 is 2.17 bits per heavy atom. The highest BCUT2D eigenvalue weighted by Crippen LogP contribution is 2.43. The highest BCUT2D eigenvalue weighted by molar-refractivity contribution is 5.73. The Morgan fingerprint density at radius 2 is 1.61 bits per heavy atom. The molecule has 15 nitrogen and oxygen atoms in total. The van der Waals surface area contributed by atoms with Gasteiger partial charge in [0.1, 0.15) is 35.3 Å². The van der Waals surface area contributed by atoms with Gasteiger partial charge in [-0.25, -0.2) is 0 Å². The Hall–Kier alpha value is -2.46. The molecule has 0 spiro atoms. The first kappa shape index (κ1) is 45.9. The number of methoxy groups -OCH3 is 1. The lowest BCUT2D eigenvalue weighted by Crippen LogP contribution is -2.59. The molecule has 3 fully saturated rings. The Labute approximate surface area is 320 Å². The van der Waals surface area contributed by atoms with Crippen molar-refractivity contribution < 1.29 is 67.3 Å². The Balaban J connectivity index is 0.00000253. The first-order valence-electron chi connectivity index (χ1n) is 19.1. The molecule has 2 bridgehead atoms. The first-order valence-corrected chi connectivity index (χ1v) is 19.1. The third-order valence-electron chi connectivity index (χ3n) is 12.1. The lowest BCUT2D eigenvalue weighted by molar-refractivity contribution is -0.307. The smallest absolute Gasteiger partial charge is 0.373 e. The van der Waals surface area contributed by atoms with Crippen LogP contribution < -0.4 is 0 Å². The van der Waals surface area contributed by atoms with Crippen molar-refractivity contribution in [3.05, 3.63) is 11.3 Å². The second-order valence-corrected chi connectivity index (χ2v) is 16.3. The summed E-state index contributed by atoms with van der Waals surface area (Å²) in [5.74, 6) is -1.98. The second-order valence-electron chi connectivity index (χ2n) is 16.3. The van der Waals surface area contributed by atoms with Gasteiger partial charge in [0, 0.05) is 43.7 Å². The molecule has 4 rings (SSSR count). The van der Waals surface area contributed by atoms with Gasteiger partial charge >= 0.3 is 12.1 Å². The number of rotatable bonds is 9. The van der Waals surface area contributed by atoms with E-state index in [-0.39, 0.29) is 37.1 Å². The molecule has 310 valence electrons. The highest BCUT2D eigenvalue weighted by Gasteiger charge is 2.53. The molecule has 4 heterocycles. The van der Waals surface area contributed by atoms with Gasteiger partial charge in [0.25, 0.3) is 6.47 Å². The van der Waals surface area contributed by atoms with Crippen LogP contribution in [0, 0.1) is 23.7 Å². The van der Waals surface area contributed by atoms with Crippen LogP contribution in [0.1, 0.15) is 94.9 Å². The summed E-state index contributed by atoms with van der Waals surface area (Å²) in [6.07, 6.45) is -5.02. The predicted molar refractivity (Wildman–Crippen MR) is 192 cm³/mol. The second kappa shape index (κ2) is 19.1. The topological polar surface area (TPSA) is 186 Å². The van der Waals surface area contributed by atoms with E-state index >= 15 is 0 Å². The Kier molecular flexibility index (Phi) is 16.3. The van der Waals surface area contributed by atoms with Crippen LogP contribution in [-0.4, -0.2) is 134 Å². The van der Waals surface area contributed by atoms with Crippen molar-refractivity contribution in [3.63, 3.8) is 0 Å². The molecule has 4 aliphatic heterocycles. The van der Waals surface area contributed by atoms with Gasteiger partial charge in [0.05, 0.1) is 30.3 Å². The minimum atomic E-state index is -1.79. The molecule has 0 amide bonds. The first-order chi connectivity index (χ1) is 25.2. The van der Waals surface area contributed by atoms with Gasteiger partial charge in [-0.1, -0.05) is 27.7 Å².